The van der Waals surface area contributed by atoms with Gasteiger partial charge in [-0.1, -0.05) is 49.6 Å². The Labute approximate surface area is 117 Å². The average Bonchev–Trinajstić information content (AvgIpc) is 2.49. The maximum absolute atomic E-state index is 9.72. The minimum atomic E-state index is -0.0353. The third-order valence-electron chi connectivity index (χ3n) is 2.82. The first-order valence-electron chi connectivity index (χ1n) is 6.03. The van der Waals surface area contributed by atoms with Gasteiger partial charge in [-0.25, -0.2) is 9.97 Å². The van der Waals surface area contributed by atoms with Gasteiger partial charge in [0.25, 0.3) is 0 Å². The second kappa shape index (κ2) is 5.84. The topological polar surface area (TPSA) is 72.0 Å². The van der Waals surface area contributed by atoms with Crippen LogP contribution in [0.3, 0.4) is 0 Å². The van der Waals surface area contributed by atoms with E-state index in [0.29, 0.717) is 17.2 Å². The van der Waals surface area contributed by atoms with Crippen molar-refractivity contribution in [1.82, 2.24) is 9.97 Å². The second-order valence-electron chi connectivity index (χ2n) is 4.07. The third kappa shape index (κ3) is 2.59. The summed E-state index contributed by atoms with van der Waals surface area (Å²) in [4.78, 5) is 8.45. The minimum absolute atomic E-state index is 0.0353. The van der Waals surface area contributed by atoms with Crippen molar-refractivity contribution in [1.29, 1.82) is 0 Å². The Hall–Kier alpha value is -2.88. The standard InChI is InChI=1S/C16H15N3O/c1-3-12(14(20)4-2)16-18-10-13(15(17)19-16)11-8-6-5-7-9-11/h3-10,20H,1-2H2,(H2,17,18,19)/b14-12-. The predicted octanol–water partition coefficient (Wildman–Crippen LogP) is 3.37. The molecule has 1 aromatic heterocycles. The number of nitrogens with zero attached hydrogens (tertiary/aromatic N) is 2. The Bertz CT molecular complexity index is 675. The fourth-order valence-electron chi connectivity index (χ4n) is 1.79. The first-order valence-corrected chi connectivity index (χ1v) is 6.03. The van der Waals surface area contributed by atoms with Crippen LogP contribution in [0.4, 0.5) is 5.82 Å². The molecule has 2 rings (SSSR count). The molecule has 0 fully saturated rings. The zero-order valence-corrected chi connectivity index (χ0v) is 11.0. The highest BCUT2D eigenvalue weighted by Crippen LogP contribution is 2.25. The van der Waals surface area contributed by atoms with E-state index in [9.17, 15) is 5.11 Å². The summed E-state index contributed by atoms with van der Waals surface area (Å²) in [7, 11) is 0. The lowest BCUT2D eigenvalue weighted by Crippen LogP contribution is -2.01. The Morgan fingerprint density at radius 3 is 2.40 bits per heavy atom. The lowest BCUT2D eigenvalue weighted by atomic mass is 10.1. The van der Waals surface area contributed by atoms with Crippen LogP contribution in [-0.4, -0.2) is 15.1 Å². The Morgan fingerprint density at radius 1 is 1.15 bits per heavy atom. The molecule has 4 heteroatoms. The molecule has 100 valence electrons. The summed E-state index contributed by atoms with van der Waals surface area (Å²) < 4.78 is 0. The van der Waals surface area contributed by atoms with Crippen molar-refractivity contribution in [2.45, 2.75) is 0 Å². The number of hydrogen-bond acceptors (Lipinski definition) is 4. The number of benzene rings is 1. The van der Waals surface area contributed by atoms with Crippen LogP contribution in [0.15, 0.2) is 67.6 Å². The molecule has 0 radical (unpaired) electrons. The molecule has 0 unspecified atom stereocenters. The molecule has 0 spiro atoms. The van der Waals surface area contributed by atoms with Gasteiger partial charge in [-0.3, -0.25) is 0 Å². The van der Waals surface area contributed by atoms with Crippen molar-refractivity contribution >= 4 is 11.4 Å². The van der Waals surface area contributed by atoms with Gasteiger partial charge in [0.05, 0.1) is 5.57 Å². The van der Waals surface area contributed by atoms with E-state index in [1.807, 2.05) is 30.3 Å². The maximum Gasteiger partial charge on any atom is 0.165 e. The Morgan fingerprint density at radius 2 is 1.85 bits per heavy atom. The number of aromatic nitrogens is 2. The van der Waals surface area contributed by atoms with Crippen molar-refractivity contribution in [2.24, 2.45) is 0 Å². The molecule has 3 N–H and O–H groups in total. The number of nitrogen functional groups attached to an aromatic ring is 1. The summed E-state index contributed by atoms with van der Waals surface area (Å²) in [6.45, 7) is 7.13. The zero-order valence-electron chi connectivity index (χ0n) is 11.0. The molecule has 1 aromatic carbocycles. The van der Waals surface area contributed by atoms with Crippen molar-refractivity contribution in [3.8, 4) is 11.1 Å². The lowest BCUT2D eigenvalue weighted by Gasteiger charge is -2.08. The molecule has 0 aliphatic rings. The number of anilines is 1. The van der Waals surface area contributed by atoms with E-state index in [0.717, 1.165) is 11.1 Å². The lowest BCUT2D eigenvalue weighted by molar-refractivity contribution is 0.435. The van der Waals surface area contributed by atoms with E-state index in [1.165, 1.54) is 12.2 Å². The molecule has 0 aliphatic carbocycles. The average molecular weight is 265 g/mol. The number of rotatable bonds is 4. The minimum Gasteiger partial charge on any atom is -0.507 e. The molecule has 0 saturated carbocycles. The quantitative estimate of drug-likeness (QED) is 0.656. The van der Waals surface area contributed by atoms with Crippen LogP contribution >= 0.6 is 0 Å². The van der Waals surface area contributed by atoms with Gasteiger partial charge in [0.2, 0.25) is 0 Å². The summed E-state index contributed by atoms with van der Waals surface area (Å²) in [5.41, 5.74) is 8.05. The molecule has 2 aromatic rings. The highest BCUT2D eigenvalue weighted by molar-refractivity contribution is 5.77. The number of allylic oxidation sites excluding steroid dienone is 3. The molecule has 0 aliphatic heterocycles. The number of hydrogen-bond donors (Lipinski definition) is 2. The van der Waals surface area contributed by atoms with E-state index in [-0.39, 0.29) is 5.76 Å². The van der Waals surface area contributed by atoms with Crippen LogP contribution < -0.4 is 5.73 Å². The maximum atomic E-state index is 9.72. The van der Waals surface area contributed by atoms with Crippen LogP contribution in [-0.2, 0) is 0 Å². The van der Waals surface area contributed by atoms with Gasteiger partial charge >= 0.3 is 0 Å². The Kier molecular flexibility index (Phi) is 3.96. The summed E-state index contributed by atoms with van der Waals surface area (Å²) in [6, 6.07) is 9.62. The van der Waals surface area contributed by atoms with Crippen molar-refractivity contribution in [2.75, 3.05) is 5.73 Å². The second-order valence-corrected chi connectivity index (χ2v) is 4.07. The molecular formula is C16H15N3O. The number of nitrogens with two attached hydrogens (primary N) is 1. The highest BCUT2D eigenvalue weighted by atomic mass is 16.3. The Balaban J connectivity index is 2.51. The van der Waals surface area contributed by atoms with Crippen LogP contribution in [0.2, 0.25) is 0 Å². The van der Waals surface area contributed by atoms with Crippen molar-refractivity contribution < 1.29 is 5.11 Å². The van der Waals surface area contributed by atoms with Gasteiger partial charge in [-0.05, 0) is 11.6 Å². The summed E-state index contributed by atoms with van der Waals surface area (Å²) in [6.07, 6.45) is 4.41. The summed E-state index contributed by atoms with van der Waals surface area (Å²) in [5, 5.41) is 9.72. The van der Waals surface area contributed by atoms with Crippen molar-refractivity contribution in [3.63, 3.8) is 0 Å². The van der Waals surface area contributed by atoms with Gasteiger partial charge in [0.15, 0.2) is 5.82 Å². The molecule has 0 amide bonds. The molecule has 0 bridgehead atoms. The predicted molar refractivity (Wildman–Crippen MR) is 81.8 cm³/mol. The summed E-state index contributed by atoms with van der Waals surface area (Å²) in [5.74, 6) is 0.624. The van der Waals surface area contributed by atoms with Gasteiger partial charge in [-0.15, -0.1) is 0 Å². The van der Waals surface area contributed by atoms with Crippen LogP contribution in [0, 0.1) is 0 Å². The van der Waals surface area contributed by atoms with Crippen LogP contribution in [0.1, 0.15) is 5.82 Å². The first kappa shape index (κ1) is 13.5. The zero-order chi connectivity index (χ0) is 14.5. The molecule has 1 heterocycles. The fraction of sp³-hybridized carbons (Fsp3) is 0. The normalized spacial score (nSPS) is 11.6. The van der Waals surface area contributed by atoms with Gasteiger partial charge in [0, 0.05) is 11.8 Å². The molecule has 0 atom stereocenters. The highest BCUT2D eigenvalue weighted by Gasteiger charge is 2.10. The SMILES string of the molecule is C=C/C(O)=C(\C=C)c1ncc(-c2ccccc2)c(N)n1. The molecular weight excluding hydrogens is 250 g/mol. The monoisotopic (exact) mass is 265 g/mol. The molecule has 20 heavy (non-hydrogen) atoms. The molecule has 4 nitrogen and oxygen atoms in total. The van der Waals surface area contributed by atoms with E-state index in [2.05, 4.69) is 23.1 Å². The van der Waals surface area contributed by atoms with Gasteiger partial charge in [-0.2, -0.15) is 0 Å². The van der Waals surface area contributed by atoms with E-state index in [4.69, 9.17) is 5.73 Å². The first-order chi connectivity index (χ1) is 9.67. The molecule has 0 saturated heterocycles. The van der Waals surface area contributed by atoms with E-state index < -0.39 is 0 Å². The van der Waals surface area contributed by atoms with E-state index in [1.54, 1.807) is 6.20 Å². The van der Waals surface area contributed by atoms with E-state index >= 15 is 0 Å². The third-order valence-corrected chi connectivity index (χ3v) is 2.82. The number of aliphatic hydroxyl groups excluding tert-OH is 1. The fourth-order valence-corrected chi connectivity index (χ4v) is 1.79. The van der Waals surface area contributed by atoms with Crippen LogP contribution in [0.5, 0.6) is 0 Å². The largest absolute Gasteiger partial charge is 0.507 e. The van der Waals surface area contributed by atoms with Crippen LogP contribution in [0.25, 0.3) is 16.7 Å². The van der Waals surface area contributed by atoms with Gasteiger partial charge < -0.3 is 10.8 Å². The van der Waals surface area contributed by atoms with Crippen molar-refractivity contribution in [3.05, 3.63) is 73.4 Å². The number of aliphatic hydroxyl groups is 1. The smallest absolute Gasteiger partial charge is 0.165 e. The van der Waals surface area contributed by atoms with Gasteiger partial charge in [0.1, 0.15) is 11.6 Å². The summed E-state index contributed by atoms with van der Waals surface area (Å²) >= 11 is 0.